The molecule has 0 saturated carbocycles. The van der Waals surface area contributed by atoms with Gasteiger partial charge in [0, 0.05) is 0 Å². The number of nitrogens with two attached hydrogens (primary N) is 1. The van der Waals surface area contributed by atoms with E-state index in [-0.39, 0.29) is 17.0 Å². The molecule has 0 aliphatic rings. The number of phenols is 1. The number of carboxylic acids is 1. The maximum Gasteiger partial charge on any atom is 0.351 e. The highest BCUT2D eigenvalue weighted by Gasteiger charge is 2.03. The summed E-state index contributed by atoms with van der Waals surface area (Å²) in [5.74, 6) is -1.40. The van der Waals surface area contributed by atoms with Crippen molar-refractivity contribution in [1.82, 2.24) is 0 Å². The molecular weight excluding hydrogens is 198 g/mol. The van der Waals surface area contributed by atoms with E-state index >= 15 is 0 Å². The van der Waals surface area contributed by atoms with Crippen molar-refractivity contribution in [2.75, 3.05) is 0 Å². The van der Waals surface area contributed by atoms with Crippen LogP contribution in [0, 0.1) is 0 Å². The number of aldehydes is 1. The van der Waals surface area contributed by atoms with E-state index in [1.54, 1.807) is 0 Å². The molecule has 0 aliphatic heterocycles. The fourth-order valence-corrected chi connectivity index (χ4v) is 0.998. The van der Waals surface area contributed by atoms with Crippen LogP contribution in [0.3, 0.4) is 0 Å². The van der Waals surface area contributed by atoms with Crippen molar-refractivity contribution in [3.8, 4) is 5.75 Å². The van der Waals surface area contributed by atoms with Gasteiger partial charge in [-0.05, 0) is 23.8 Å². The van der Waals surface area contributed by atoms with Crippen molar-refractivity contribution in [2.24, 2.45) is 5.73 Å². The predicted molar refractivity (Wildman–Crippen MR) is 53.3 cm³/mol. The minimum Gasteiger partial charge on any atom is -0.507 e. The van der Waals surface area contributed by atoms with Crippen LogP contribution >= 0.6 is 0 Å². The summed E-state index contributed by atoms with van der Waals surface area (Å²) in [6.07, 6.45) is 1.68. The lowest BCUT2D eigenvalue weighted by atomic mass is 10.1. The molecule has 0 heterocycles. The lowest BCUT2D eigenvalue weighted by Gasteiger charge is -1.99. The molecule has 1 rings (SSSR count). The molecule has 0 unspecified atom stereocenters. The van der Waals surface area contributed by atoms with Gasteiger partial charge in [-0.25, -0.2) is 4.79 Å². The summed E-state index contributed by atoms with van der Waals surface area (Å²) >= 11 is 0. The summed E-state index contributed by atoms with van der Waals surface area (Å²) in [5.41, 5.74) is 5.38. The lowest BCUT2D eigenvalue weighted by Crippen LogP contribution is -2.09. The Kier molecular flexibility index (Phi) is 3.07. The number of rotatable bonds is 3. The highest BCUT2D eigenvalue weighted by Crippen LogP contribution is 2.17. The van der Waals surface area contributed by atoms with Gasteiger partial charge in [0.2, 0.25) is 0 Å². The number of carbonyl (C=O) groups is 2. The summed E-state index contributed by atoms with van der Waals surface area (Å²) in [5, 5.41) is 17.7. The van der Waals surface area contributed by atoms with Crippen LogP contribution in [0.5, 0.6) is 5.75 Å². The Balaban J connectivity index is 3.12. The van der Waals surface area contributed by atoms with E-state index in [1.165, 1.54) is 24.3 Å². The molecule has 0 aromatic heterocycles. The fraction of sp³-hybridized carbons (Fsp3) is 0. The minimum absolute atomic E-state index is 0.0851. The number of aromatic hydroxyl groups is 1. The molecule has 78 valence electrons. The summed E-state index contributed by atoms with van der Waals surface area (Å²) in [6, 6.07) is 4.10. The highest BCUT2D eigenvalue weighted by atomic mass is 16.4. The third-order valence-electron chi connectivity index (χ3n) is 1.75. The molecule has 1 aromatic carbocycles. The Hall–Kier alpha value is -2.30. The van der Waals surface area contributed by atoms with Gasteiger partial charge >= 0.3 is 5.97 Å². The van der Waals surface area contributed by atoms with E-state index in [0.717, 1.165) is 0 Å². The number of carboxylic acid groups (broad SMARTS) is 1. The van der Waals surface area contributed by atoms with Crippen molar-refractivity contribution >= 4 is 18.3 Å². The van der Waals surface area contributed by atoms with Crippen molar-refractivity contribution in [3.05, 3.63) is 35.0 Å². The molecule has 0 saturated heterocycles. The Morgan fingerprint density at radius 2 is 2.07 bits per heavy atom. The Morgan fingerprint density at radius 1 is 1.40 bits per heavy atom. The van der Waals surface area contributed by atoms with E-state index < -0.39 is 5.97 Å². The predicted octanol–water partition coefficient (Wildman–Crippen LogP) is 0.589. The smallest absolute Gasteiger partial charge is 0.351 e. The molecule has 1 aromatic rings. The monoisotopic (exact) mass is 207 g/mol. The van der Waals surface area contributed by atoms with Crippen molar-refractivity contribution < 1.29 is 19.8 Å². The van der Waals surface area contributed by atoms with Gasteiger partial charge in [-0.2, -0.15) is 0 Å². The Bertz CT molecular complexity index is 437. The first-order valence-electron chi connectivity index (χ1n) is 4.03. The first-order chi connectivity index (χ1) is 7.04. The minimum atomic E-state index is -1.24. The topological polar surface area (TPSA) is 101 Å². The second kappa shape index (κ2) is 4.28. The standard InChI is InChI=1S/C10H9NO4/c11-8(10(14)15)4-6-1-2-9(13)7(3-6)5-12/h1-5,13H,11H2,(H,14,15)/b8-4-. The number of aliphatic carboxylic acids is 1. The number of phenolic OH excluding ortho intramolecular Hbond substituents is 1. The average molecular weight is 207 g/mol. The van der Waals surface area contributed by atoms with Crippen LogP contribution in [0.2, 0.25) is 0 Å². The van der Waals surface area contributed by atoms with E-state index in [4.69, 9.17) is 10.8 Å². The molecule has 0 aliphatic carbocycles. The maximum absolute atomic E-state index is 10.5. The molecule has 0 bridgehead atoms. The number of benzene rings is 1. The normalized spacial score (nSPS) is 11.1. The summed E-state index contributed by atoms with van der Waals surface area (Å²) in [7, 11) is 0. The molecule has 0 fully saturated rings. The lowest BCUT2D eigenvalue weighted by molar-refractivity contribution is -0.132. The van der Waals surface area contributed by atoms with Gasteiger partial charge < -0.3 is 15.9 Å². The van der Waals surface area contributed by atoms with E-state index in [9.17, 15) is 14.7 Å². The third kappa shape index (κ3) is 2.57. The average Bonchev–Trinajstić information content (AvgIpc) is 2.20. The van der Waals surface area contributed by atoms with Gasteiger partial charge in [-0.1, -0.05) is 6.07 Å². The van der Waals surface area contributed by atoms with Crippen LogP contribution in [0.1, 0.15) is 15.9 Å². The van der Waals surface area contributed by atoms with Crippen LogP contribution in [-0.2, 0) is 4.79 Å². The van der Waals surface area contributed by atoms with E-state index in [0.29, 0.717) is 11.8 Å². The largest absolute Gasteiger partial charge is 0.507 e. The first kappa shape index (κ1) is 10.8. The summed E-state index contributed by atoms with van der Waals surface area (Å²) < 4.78 is 0. The van der Waals surface area contributed by atoms with Gasteiger partial charge in [0.25, 0.3) is 0 Å². The van der Waals surface area contributed by atoms with Gasteiger partial charge in [-0.15, -0.1) is 0 Å². The van der Waals surface area contributed by atoms with Crippen LogP contribution < -0.4 is 5.73 Å². The van der Waals surface area contributed by atoms with Crippen LogP contribution in [-0.4, -0.2) is 22.5 Å². The van der Waals surface area contributed by atoms with Crippen molar-refractivity contribution in [2.45, 2.75) is 0 Å². The zero-order valence-electron chi connectivity index (χ0n) is 7.68. The van der Waals surface area contributed by atoms with E-state index in [2.05, 4.69) is 0 Å². The quantitative estimate of drug-likeness (QED) is 0.497. The molecule has 5 nitrogen and oxygen atoms in total. The second-order valence-electron chi connectivity index (χ2n) is 2.84. The molecule has 0 spiro atoms. The van der Waals surface area contributed by atoms with Gasteiger partial charge in [0.15, 0.2) is 6.29 Å². The first-order valence-corrected chi connectivity index (χ1v) is 4.03. The fourth-order valence-electron chi connectivity index (χ4n) is 0.998. The third-order valence-corrected chi connectivity index (χ3v) is 1.75. The highest BCUT2D eigenvalue weighted by molar-refractivity contribution is 5.91. The van der Waals surface area contributed by atoms with Crippen LogP contribution in [0.25, 0.3) is 6.08 Å². The van der Waals surface area contributed by atoms with Gasteiger partial charge in [0.05, 0.1) is 5.56 Å². The van der Waals surface area contributed by atoms with Crippen LogP contribution in [0.4, 0.5) is 0 Å². The summed E-state index contributed by atoms with van der Waals surface area (Å²) in [6.45, 7) is 0. The Labute approximate surface area is 85.5 Å². The van der Waals surface area contributed by atoms with Crippen molar-refractivity contribution in [3.63, 3.8) is 0 Å². The zero-order valence-corrected chi connectivity index (χ0v) is 7.68. The molecule has 4 N–H and O–H groups in total. The zero-order chi connectivity index (χ0) is 11.4. The number of hydrogen-bond donors (Lipinski definition) is 3. The number of hydrogen-bond acceptors (Lipinski definition) is 4. The number of carbonyl (C=O) groups excluding carboxylic acids is 1. The summed E-state index contributed by atoms with van der Waals surface area (Å²) in [4.78, 5) is 20.9. The SMILES string of the molecule is N/C(=C\c1ccc(O)c(C=O)c1)C(=O)O. The second-order valence-corrected chi connectivity index (χ2v) is 2.84. The Morgan fingerprint density at radius 3 is 2.60 bits per heavy atom. The van der Waals surface area contributed by atoms with Gasteiger partial charge in [-0.3, -0.25) is 4.79 Å². The van der Waals surface area contributed by atoms with Crippen LogP contribution in [0.15, 0.2) is 23.9 Å². The van der Waals surface area contributed by atoms with Crippen molar-refractivity contribution in [1.29, 1.82) is 0 Å². The molecule has 0 atom stereocenters. The molecule has 15 heavy (non-hydrogen) atoms. The molecule has 5 heteroatoms. The van der Waals surface area contributed by atoms with E-state index in [1.807, 2.05) is 0 Å². The maximum atomic E-state index is 10.5. The molecule has 0 amide bonds. The van der Waals surface area contributed by atoms with Gasteiger partial charge in [0.1, 0.15) is 11.4 Å². The molecule has 0 radical (unpaired) electrons. The molecular formula is C10H9NO4.